The molecular weight excluding hydrogens is 297 g/mol. The Morgan fingerprint density at radius 1 is 1.18 bits per heavy atom. The number of para-hydroxylation sites is 1. The van der Waals surface area contributed by atoms with E-state index in [0.717, 1.165) is 16.9 Å². The maximum atomic E-state index is 12.5. The Labute approximate surface area is 126 Å². The average molecular weight is 314 g/mol. The normalized spacial score (nSPS) is 13.2. The molecule has 1 atom stereocenters. The molecule has 7 heteroatoms. The Morgan fingerprint density at radius 2 is 1.82 bits per heavy atom. The molecule has 0 radical (unpaired) electrons. The molecule has 120 valence electrons. The summed E-state index contributed by atoms with van der Waals surface area (Å²) in [7, 11) is 0. The molecule has 1 heterocycles. The minimum absolute atomic E-state index is 0.0546. The third-order valence-electron chi connectivity index (χ3n) is 3.36. The van der Waals surface area contributed by atoms with Crippen molar-refractivity contribution in [2.45, 2.75) is 39.3 Å². The van der Waals surface area contributed by atoms with Crippen molar-refractivity contribution >= 4 is 0 Å². The monoisotopic (exact) mass is 314 g/mol. The summed E-state index contributed by atoms with van der Waals surface area (Å²) < 4.78 is 48.0. The van der Waals surface area contributed by atoms with Crippen LogP contribution in [0.15, 0.2) is 22.6 Å². The Balaban J connectivity index is 2.11. The highest BCUT2D eigenvalue weighted by atomic mass is 19.4. The van der Waals surface area contributed by atoms with Gasteiger partial charge in [-0.3, -0.25) is 0 Å². The van der Waals surface area contributed by atoms with E-state index in [1.54, 1.807) is 0 Å². The standard InChI is InChI=1S/C15H17F3N2O2/c1-4-11(13-19-20-14(22-13)15(16,17)18)8-21-12-9(2)6-5-7-10(12)3/h5-7,11H,4,8H2,1-3H3. The van der Waals surface area contributed by atoms with Gasteiger partial charge in [0.2, 0.25) is 5.89 Å². The molecule has 0 aliphatic heterocycles. The van der Waals surface area contributed by atoms with Crippen molar-refractivity contribution in [2.24, 2.45) is 0 Å². The highest BCUT2D eigenvalue weighted by Gasteiger charge is 2.38. The van der Waals surface area contributed by atoms with Gasteiger partial charge in [0.1, 0.15) is 5.75 Å². The fraction of sp³-hybridized carbons (Fsp3) is 0.467. The summed E-state index contributed by atoms with van der Waals surface area (Å²) in [4.78, 5) is 0. The molecule has 0 bridgehead atoms. The van der Waals surface area contributed by atoms with E-state index in [-0.39, 0.29) is 18.4 Å². The minimum atomic E-state index is -4.63. The van der Waals surface area contributed by atoms with Gasteiger partial charge < -0.3 is 9.15 Å². The van der Waals surface area contributed by atoms with Crippen molar-refractivity contribution in [1.82, 2.24) is 10.2 Å². The number of alkyl halides is 3. The van der Waals surface area contributed by atoms with E-state index in [2.05, 4.69) is 10.2 Å². The predicted octanol–water partition coefficient (Wildman–Crippen LogP) is 4.28. The van der Waals surface area contributed by atoms with Gasteiger partial charge in [-0.1, -0.05) is 25.1 Å². The number of aryl methyl sites for hydroxylation is 2. The first-order valence-electron chi connectivity index (χ1n) is 6.92. The summed E-state index contributed by atoms with van der Waals surface area (Å²) in [5, 5.41) is 6.54. The first kappa shape index (κ1) is 16.3. The summed E-state index contributed by atoms with van der Waals surface area (Å²) >= 11 is 0. The smallest absolute Gasteiger partial charge is 0.470 e. The lowest BCUT2D eigenvalue weighted by molar-refractivity contribution is -0.157. The number of ether oxygens (including phenoxy) is 1. The van der Waals surface area contributed by atoms with Gasteiger partial charge in [-0.25, -0.2) is 0 Å². The zero-order valence-corrected chi connectivity index (χ0v) is 12.6. The van der Waals surface area contributed by atoms with E-state index in [4.69, 9.17) is 9.15 Å². The van der Waals surface area contributed by atoms with Crippen LogP contribution in [0.1, 0.15) is 42.2 Å². The lowest BCUT2D eigenvalue weighted by atomic mass is 10.1. The lowest BCUT2D eigenvalue weighted by Crippen LogP contribution is -2.11. The lowest BCUT2D eigenvalue weighted by Gasteiger charge is -2.15. The van der Waals surface area contributed by atoms with Crippen LogP contribution in [0.4, 0.5) is 13.2 Å². The topological polar surface area (TPSA) is 48.2 Å². The molecule has 2 rings (SSSR count). The maximum absolute atomic E-state index is 12.5. The summed E-state index contributed by atoms with van der Waals surface area (Å²) in [5.41, 5.74) is 1.94. The maximum Gasteiger partial charge on any atom is 0.470 e. The molecule has 0 fully saturated rings. The van der Waals surface area contributed by atoms with Gasteiger partial charge >= 0.3 is 12.1 Å². The molecule has 0 spiro atoms. The second kappa shape index (κ2) is 6.37. The molecule has 4 nitrogen and oxygen atoms in total. The molecule has 2 aromatic rings. The zero-order chi connectivity index (χ0) is 16.3. The molecule has 0 aliphatic rings. The van der Waals surface area contributed by atoms with Crippen molar-refractivity contribution < 1.29 is 22.3 Å². The number of halogens is 3. The number of rotatable bonds is 5. The van der Waals surface area contributed by atoms with Crippen LogP contribution in [0.25, 0.3) is 0 Å². The molecule has 0 saturated carbocycles. The van der Waals surface area contributed by atoms with E-state index < -0.39 is 12.1 Å². The number of aromatic nitrogens is 2. The van der Waals surface area contributed by atoms with Crippen molar-refractivity contribution in [2.75, 3.05) is 6.61 Å². The molecule has 0 N–H and O–H groups in total. The highest BCUT2D eigenvalue weighted by molar-refractivity contribution is 5.39. The number of hydrogen-bond acceptors (Lipinski definition) is 4. The third kappa shape index (κ3) is 3.58. The first-order chi connectivity index (χ1) is 10.3. The van der Waals surface area contributed by atoms with E-state index in [9.17, 15) is 13.2 Å². The van der Waals surface area contributed by atoms with Crippen LogP contribution >= 0.6 is 0 Å². The quantitative estimate of drug-likeness (QED) is 0.826. The minimum Gasteiger partial charge on any atom is -0.492 e. The van der Waals surface area contributed by atoms with Gasteiger partial charge in [-0.05, 0) is 31.4 Å². The summed E-state index contributed by atoms with van der Waals surface area (Å²) in [6, 6.07) is 5.75. The van der Waals surface area contributed by atoms with Gasteiger partial charge in [-0.2, -0.15) is 13.2 Å². The summed E-state index contributed by atoms with van der Waals surface area (Å²) in [6.07, 6.45) is -4.10. The Kier molecular flexibility index (Phi) is 4.73. The first-order valence-corrected chi connectivity index (χ1v) is 6.92. The second-order valence-corrected chi connectivity index (χ2v) is 5.08. The Hall–Kier alpha value is -2.05. The van der Waals surface area contributed by atoms with Crippen molar-refractivity contribution in [3.63, 3.8) is 0 Å². The van der Waals surface area contributed by atoms with Crippen LogP contribution in [0.5, 0.6) is 5.75 Å². The van der Waals surface area contributed by atoms with Crippen LogP contribution < -0.4 is 4.74 Å². The van der Waals surface area contributed by atoms with E-state index in [1.165, 1.54) is 0 Å². The van der Waals surface area contributed by atoms with Crippen LogP contribution in [0, 0.1) is 13.8 Å². The van der Waals surface area contributed by atoms with Gasteiger partial charge in [0.15, 0.2) is 0 Å². The van der Waals surface area contributed by atoms with Gasteiger partial charge in [0, 0.05) is 0 Å². The Morgan fingerprint density at radius 3 is 2.32 bits per heavy atom. The molecular formula is C15H17F3N2O2. The molecule has 0 amide bonds. The van der Waals surface area contributed by atoms with E-state index in [1.807, 2.05) is 39.0 Å². The SMILES string of the molecule is CCC(COc1c(C)cccc1C)c1nnc(C(F)(F)F)o1. The fourth-order valence-electron chi connectivity index (χ4n) is 2.09. The zero-order valence-electron chi connectivity index (χ0n) is 12.6. The Bertz CT molecular complexity index is 618. The molecule has 0 saturated heterocycles. The largest absolute Gasteiger partial charge is 0.492 e. The highest BCUT2D eigenvalue weighted by Crippen LogP contribution is 2.31. The van der Waals surface area contributed by atoms with Crippen LogP contribution in [0.3, 0.4) is 0 Å². The molecule has 22 heavy (non-hydrogen) atoms. The predicted molar refractivity (Wildman–Crippen MR) is 73.7 cm³/mol. The van der Waals surface area contributed by atoms with Crippen molar-refractivity contribution in [3.8, 4) is 5.75 Å². The third-order valence-corrected chi connectivity index (χ3v) is 3.36. The van der Waals surface area contributed by atoms with E-state index in [0.29, 0.717) is 6.42 Å². The second-order valence-electron chi connectivity index (χ2n) is 5.08. The van der Waals surface area contributed by atoms with Gasteiger partial charge in [-0.15, -0.1) is 10.2 Å². The van der Waals surface area contributed by atoms with Crippen LogP contribution in [0.2, 0.25) is 0 Å². The van der Waals surface area contributed by atoms with Gasteiger partial charge in [0.25, 0.3) is 0 Å². The van der Waals surface area contributed by atoms with Crippen LogP contribution in [-0.4, -0.2) is 16.8 Å². The van der Waals surface area contributed by atoms with Gasteiger partial charge in [0.05, 0.1) is 12.5 Å². The van der Waals surface area contributed by atoms with Crippen molar-refractivity contribution in [1.29, 1.82) is 0 Å². The summed E-state index contributed by atoms with van der Waals surface area (Å²) in [6.45, 7) is 5.84. The molecule has 1 aromatic carbocycles. The summed E-state index contributed by atoms with van der Waals surface area (Å²) in [5.74, 6) is -1.03. The molecule has 1 aromatic heterocycles. The molecule has 1 unspecified atom stereocenters. The molecule has 0 aliphatic carbocycles. The number of hydrogen-bond donors (Lipinski definition) is 0. The van der Waals surface area contributed by atoms with Crippen molar-refractivity contribution in [3.05, 3.63) is 41.1 Å². The van der Waals surface area contributed by atoms with E-state index >= 15 is 0 Å². The van der Waals surface area contributed by atoms with Crippen LogP contribution in [-0.2, 0) is 6.18 Å². The average Bonchev–Trinajstić information content (AvgIpc) is 2.92. The number of benzene rings is 1. The number of nitrogens with zero attached hydrogens (tertiary/aromatic N) is 2. The fourth-order valence-corrected chi connectivity index (χ4v) is 2.09.